The summed E-state index contributed by atoms with van der Waals surface area (Å²) in [5.41, 5.74) is 2.82. The second-order valence-electron chi connectivity index (χ2n) is 5.02. The number of nitrogens with zero attached hydrogens (tertiary/aromatic N) is 1. The zero-order chi connectivity index (χ0) is 13.4. The SMILES string of the molecule is CNc1ccc2c(c1)CCC(=O)N2C(=O)C1CNC1. The monoisotopic (exact) mass is 259 g/mol. The molecule has 100 valence electrons. The molecule has 0 radical (unpaired) electrons. The molecule has 2 aliphatic heterocycles. The fraction of sp³-hybridized carbons (Fsp3) is 0.429. The highest BCUT2D eigenvalue weighted by molar-refractivity contribution is 6.17. The Morgan fingerprint density at radius 1 is 1.37 bits per heavy atom. The maximum Gasteiger partial charge on any atom is 0.239 e. The third kappa shape index (κ3) is 2.00. The Morgan fingerprint density at radius 2 is 2.16 bits per heavy atom. The first-order chi connectivity index (χ1) is 9.20. The summed E-state index contributed by atoms with van der Waals surface area (Å²) in [6, 6.07) is 5.78. The summed E-state index contributed by atoms with van der Waals surface area (Å²) in [5, 5.41) is 6.15. The summed E-state index contributed by atoms with van der Waals surface area (Å²) in [6.45, 7) is 1.35. The van der Waals surface area contributed by atoms with Gasteiger partial charge >= 0.3 is 0 Å². The molecule has 1 aromatic rings. The number of benzene rings is 1. The minimum atomic E-state index is -0.0818. The highest BCUT2D eigenvalue weighted by Gasteiger charge is 2.36. The third-order valence-electron chi connectivity index (χ3n) is 3.82. The molecule has 2 heterocycles. The summed E-state index contributed by atoms with van der Waals surface area (Å²) in [4.78, 5) is 25.8. The molecule has 0 spiro atoms. The van der Waals surface area contributed by atoms with Crippen molar-refractivity contribution in [3.05, 3.63) is 23.8 Å². The predicted molar refractivity (Wildman–Crippen MR) is 73.2 cm³/mol. The molecule has 0 aliphatic carbocycles. The summed E-state index contributed by atoms with van der Waals surface area (Å²) < 4.78 is 0. The van der Waals surface area contributed by atoms with Crippen LogP contribution in [-0.2, 0) is 16.0 Å². The van der Waals surface area contributed by atoms with E-state index in [9.17, 15) is 9.59 Å². The second-order valence-corrected chi connectivity index (χ2v) is 5.02. The van der Waals surface area contributed by atoms with Gasteiger partial charge in [-0.05, 0) is 30.2 Å². The minimum Gasteiger partial charge on any atom is -0.388 e. The fourth-order valence-electron chi connectivity index (χ4n) is 2.53. The Balaban J connectivity index is 1.96. The zero-order valence-electron chi connectivity index (χ0n) is 10.9. The summed E-state index contributed by atoms with van der Waals surface area (Å²) >= 11 is 0. The van der Waals surface area contributed by atoms with Crippen molar-refractivity contribution in [3.63, 3.8) is 0 Å². The van der Waals surface area contributed by atoms with Crippen molar-refractivity contribution in [1.82, 2.24) is 5.32 Å². The number of anilines is 2. The number of nitrogens with one attached hydrogen (secondary N) is 2. The van der Waals surface area contributed by atoms with Gasteiger partial charge in [-0.2, -0.15) is 0 Å². The minimum absolute atomic E-state index is 0.0566. The van der Waals surface area contributed by atoms with Crippen molar-refractivity contribution in [2.75, 3.05) is 30.4 Å². The van der Waals surface area contributed by atoms with Crippen LogP contribution in [0.3, 0.4) is 0 Å². The van der Waals surface area contributed by atoms with Crippen LogP contribution in [-0.4, -0.2) is 32.0 Å². The molecule has 5 nitrogen and oxygen atoms in total. The highest BCUT2D eigenvalue weighted by atomic mass is 16.2. The number of imide groups is 1. The number of fused-ring (bicyclic) bond motifs is 1. The maximum absolute atomic E-state index is 12.4. The Morgan fingerprint density at radius 3 is 2.79 bits per heavy atom. The lowest BCUT2D eigenvalue weighted by Gasteiger charge is -2.34. The van der Waals surface area contributed by atoms with Gasteiger partial charge in [0.1, 0.15) is 0 Å². The van der Waals surface area contributed by atoms with Gasteiger partial charge in [0.25, 0.3) is 0 Å². The van der Waals surface area contributed by atoms with E-state index in [1.807, 2.05) is 25.2 Å². The number of carbonyl (C=O) groups excluding carboxylic acids is 2. The first kappa shape index (κ1) is 12.2. The number of rotatable bonds is 2. The van der Waals surface area contributed by atoms with Gasteiger partial charge < -0.3 is 10.6 Å². The molecule has 2 N–H and O–H groups in total. The van der Waals surface area contributed by atoms with E-state index in [1.54, 1.807) is 0 Å². The van der Waals surface area contributed by atoms with Crippen molar-refractivity contribution in [1.29, 1.82) is 0 Å². The maximum atomic E-state index is 12.4. The number of carbonyl (C=O) groups is 2. The molecular formula is C14H17N3O2. The average Bonchev–Trinajstić information content (AvgIpc) is 2.35. The topological polar surface area (TPSA) is 61.4 Å². The number of hydrogen-bond acceptors (Lipinski definition) is 4. The van der Waals surface area contributed by atoms with Gasteiger partial charge in [0.15, 0.2) is 0 Å². The number of hydrogen-bond donors (Lipinski definition) is 2. The highest BCUT2D eigenvalue weighted by Crippen LogP contribution is 2.31. The van der Waals surface area contributed by atoms with E-state index in [2.05, 4.69) is 10.6 Å². The molecule has 1 fully saturated rings. The molecule has 2 aliphatic rings. The van der Waals surface area contributed by atoms with Gasteiger partial charge in [0, 0.05) is 32.2 Å². The number of aryl methyl sites for hydroxylation is 1. The molecule has 5 heteroatoms. The zero-order valence-corrected chi connectivity index (χ0v) is 10.9. The molecule has 19 heavy (non-hydrogen) atoms. The van der Waals surface area contributed by atoms with Crippen LogP contribution in [0, 0.1) is 5.92 Å². The van der Waals surface area contributed by atoms with Crippen LogP contribution in [0.5, 0.6) is 0 Å². The predicted octanol–water partition coefficient (Wildman–Crippen LogP) is 0.753. The normalized spacial score (nSPS) is 18.8. The fourth-order valence-corrected chi connectivity index (χ4v) is 2.53. The van der Waals surface area contributed by atoms with E-state index in [-0.39, 0.29) is 17.7 Å². The van der Waals surface area contributed by atoms with Crippen molar-refractivity contribution in [3.8, 4) is 0 Å². The molecule has 0 unspecified atom stereocenters. The summed E-state index contributed by atoms with van der Waals surface area (Å²) in [6.07, 6.45) is 1.11. The van der Waals surface area contributed by atoms with Gasteiger partial charge in [0.2, 0.25) is 11.8 Å². The molecule has 0 aromatic heterocycles. The quantitative estimate of drug-likeness (QED) is 0.770. The van der Waals surface area contributed by atoms with Gasteiger partial charge in [-0.25, -0.2) is 4.90 Å². The van der Waals surface area contributed by atoms with Gasteiger partial charge in [-0.1, -0.05) is 0 Å². The molecule has 0 saturated carbocycles. The lowest BCUT2D eigenvalue weighted by Crippen LogP contribution is -2.54. The van der Waals surface area contributed by atoms with Crippen LogP contribution in [0.25, 0.3) is 0 Å². The van der Waals surface area contributed by atoms with Crippen LogP contribution < -0.4 is 15.5 Å². The van der Waals surface area contributed by atoms with E-state index >= 15 is 0 Å². The van der Waals surface area contributed by atoms with Crippen LogP contribution >= 0.6 is 0 Å². The van der Waals surface area contributed by atoms with Crippen LogP contribution in [0.4, 0.5) is 11.4 Å². The molecule has 1 aromatic carbocycles. The third-order valence-corrected chi connectivity index (χ3v) is 3.82. The van der Waals surface area contributed by atoms with Crippen LogP contribution in [0.2, 0.25) is 0 Å². The molecule has 1 saturated heterocycles. The van der Waals surface area contributed by atoms with Crippen molar-refractivity contribution in [2.45, 2.75) is 12.8 Å². The van der Waals surface area contributed by atoms with E-state index in [4.69, 9.17) is 0 Å². The van der Waals surface area contributed by atoms with Crippen LogP contribution in [0.15, 0.2) is 18.2 Å². The van der Waals surface area contributed by atoms with Gasteiger partial charge in [-0.15, -0.1) is 0 Å². The van der Waals surface area contributed by atoms with Crippen LogP contribution in [0.1, 0.15) is 12.0 Å². The first-order valence-electron chi connectivity index (χ1n) is 6.59. The van der Waals surface area contributed by atoms with Gasteiger partial charge in [-0.3, -0.25) is 9.59 Å². The first-order valence-corrected chi connectivity index (χ1v) is 6.59. The molecule has 2 amide bonds. The summed E-state index contributed by atoms with van der Waals surface area (Å²) in [7, 11) is 1.86. The van der Waals surface area contributed by atoms with E-state index in [0.29, 0.717) is 25.9 Å². The average molecular weight is 259 g/mol. The second kappa shape index (κ2) is 4.66. The van der Waals surface area contributed by atoms with Crippen molar-refractivity contribution >= 4 is 23.2 Å². The lowest BCUT2D eigenvalue weighted by molar-refractivity contribution is -0.130. The standard InChI is InChI=1S/C14H17N3O2/c1-15-11-3-4-12-9(6-11)2-5-13(18)17(12)14(19)10-7-16-8-10/h3-4,6,10,15-16H,2,5,7-8H2,1H3. The van der Waals surface area contributed by atoms with Crippen molar-refractivity contribution < 1.29 is 9.59 Å². The largest absolute Gasteiger partial charge is 0.388 e. The lowest BCUT2D eigenvalue weighted by atomic mass is 9.96. The number of amides is 2. The van der Waals surface area contributed by atoms with Crippen molar-refractivity contribution in [2.24, 2.45) is 5.92 Å². The Kier molecular flexibility index (Phi) is 2.98. The summed E-state index contributed by atoms with van der Waals surface area (Å²) in [5.74, 6) is -0.206. The van der Waals surface area contributed by atoms with E-state index < -0.39 is 0 Å². The molecular weight excluding hydrogens is 242 g/mol. The smallest absolute Gasteiger partial charge is 0.239 e. The molecule has 3 rings (SSSR count). The Bertz CT molecular complexity index is 537. The van der Waals surface area contributed by atoms with Gasteiger partial charge in [0.05, 0.1) is 11.6 Å². The Labute approximate surface area is 112 Å². The van der Waals surface area contributed by atoms with E-state index in [0.717, 1.165) is 16.9 Å². The molecule has 0 bridgehead atoms. The van der Waals surface area contributed by atoms with E-state index in [1.165, 1.54) is 4.90 Å². The molecule has 0 atom stereocenters. The Hall–Kier alpha value is -1.88.